The van der Waals surface area contributed by atoms with Gasteiger partial charge in [0.25, 0.3) is 0 Å². The maximum Gasteiger partial charge on any atom is 0.242 e. The van der Waals surface area contributed by atoms with Gasteiger partial charge >= 0.3 is 0 Å². The van der Waals surface area contributed by atoms with Gasteiger partial charge in [0.05, 0.1) is 22.0 Å². The number of hydrogen-bond acceptors (Lipinski definition) is 4. The highest BCUT2D eigenvalue weighted by molar-refractivity contribution is 7.89. The lowest BCUT2D eigenvalue weighted by molar-refractivity contribution is -0.121. The van der Waals surface area contributed by atoms with Crippen molar-refractivity contribution in [3.8, 4) is 0 Å². The summed E-state index contributed by atoms with van der Waals surface area (Å²) in [6.07, 6.45) is 0.708. The molecule has 0 saturated carbocycles. The molecular weight excluding hydrogens is 424 g/mol. The van der Waals surface area contributed by atoms with E-state index in [1.165, 1.54) is 18.4 Å². The van der Waals surface area contributed by atoms with Gasteiger partial charge in [0.15, 0.2) is 0 Å². The summed E-state index contributed by atoms with van der Waals surface area (Å²) in [6, 6.07) is 12.1. The number of aryl methyl sites for hydroxylation is 2. The van der Waals surface area contributed by atoms with E-state index in [4.69, 9.17) is 11.6 Å². The van der Waals surface area contributed by atoms with Gasteiger partial charge in [-0.3, -0.25) is 4.79 Å². The van der Waals surface area contributed by atoms with Crippen LogP contribution < -0.4 is 5.32 Å². The Bertz CT molecular complexity index is 1190. The van der Waals surface area contributed by atoms with Crippen molar-refractivity contribution >= 4 is 38.6 Å². The third-order valence-electron chi connectivity index (χ3n) is 5.03. The van der Waals surface area contributed by atoms with Crippen LogP contribution >= 0.6 is 11.6 Å². The molecule has 160 valence electrons. The Hall–Kier alpha value is -2.42. The van der Waals surface area contributed by atoms with E-state index in [1.54, 1.807) is 24.3 Å². The van der Waals surface area contributed by atoms with Crippen molar-refractivity contribution in [2.75, 3.05) is 14.1 Å². The smallest absolute Gasteiger partial charge is 0.242 e. The first-order chi connectivity index (χ1) is 14.1. The second-order valence-corrected chi connectivity index (χ2v) is 9.96. The Labute approximate surface area is 181 Å². The maximum absolute atomic E-state index is 12.4. The van der Waals surface area contributed by atoms with Gasteiger partial charge in [0, 0.05) is 39.0 Å². The summed E-state index contributed by atoms with van der Waals surface area (Å²) in [7, 11) is 1.31. The number of benzene rings is 2. The highest BCUT2D eigenvalue weighted by atomic mass is 35.5. The quantitative estimate of drug-likeness (QED) is 0.601. The molecule has 1 aromatic heterocycles. The van der Waals surface area contributed by atoms with Crippen LogP contribution in [0.1, 0.15) is 30.8 Å². The zero-order chi connectivity index (χ0) is 22.1. The fraction of sp³-hybridized carbons (Fsp3) is 0.333. The van der Waals surface area contributed by atoms with E-state index in [-0.39, 0.29) is 23.3 Å². The predicted molar refractivity (Wildman–Crippen MR) is 118 cm³/mol. The number of fused-ring (bicyclic) bond motifs is 1. The van der Waals surface area contributed by atoms with Crippen LogP contribution in [-0.4, -0.2) is 42.3 Å². The number of nitrogens with zero attached hydrogens (tertiary/aromatic N) is 3. The Balaban J connectivity index is 1.71. The topological polar surface area (TPSA) is 84.3 Å². The first kappa shape index (κ1) is 22.3. The van der Waals surface area contributed by atoms with E-state index >= 15 is 0 Å². The number of nitrogens with one attached hydrogen (secondary N) is 1. The van der Waals surface area contributed by atoms with Gasteiger partial charge in [0.1, 0.15) is 5.82 Å². The van der Waals surface area contributed by atoms with Crippen molar-refractivity contribution in [3.63, 3.8) is 0 Å². The van der Waals surface area contributed by atoms with Crippen molar-refractivity contribution < 1.29 is 13.2 Å². The third-order valence-corrected chi connectivity index (χ3v) is 7.07. The molecule has 0 spiro atoms. The number of hydrogen-bond donors (Lipinski definition) is 1. The molecule has 1 N–H and O–H groups in total. The van der Waals surface area contributed by atoms with Crippen LogP contribution in [0.15, 0.2) is 47.4 Å². The number of imidazole rings is 1. The second kappa shape index (κ2) is 8.75. The SMILES string of the molecule is CC(NC(=O)CCc1nc2cc(S(=O)(=O)N(C)C)ccc2n1C)c1cccc(Cl)c1. The summed E-state index contributed by atoms with van der Waals surface area (Å²) in [5, 5.41) is 3.60. The molecule has 1 amide bonds. The Morgan fingerprint density at radius 1 is 1.23 bits per heavy atom. The molecule has 0 aliphatic heterocycles. The number of halogens is 1. The second-order valence-electron chi connectivity index (χ2n) is 7.37. The molecule has 0 saturated heterocycles. The van der Waals surface area contributed by atoms with Gasteiger partial charge in [-0.05, 0) is 42.8 Å². The minimum absolute atomic E-state index is 0.0922. The minimum Gasteiger partial charge on any atom is -0.350 e. The zero-order valence-electron chi connectivity index (χ0n) is 17.4. The molecule has 7 nitrogen and oxygen atoms in total. The lowest BCUT2D eigenvalue weighted by atomic mass is 10.1. The summed E-state index contributed by atoms with van der Waals surface area (Å²) in [4.78, 5) is 17.1. The van der Waals surface area contributed by atoms with Crippen molar-refractivity contribution in [1.82, 2.24) is 19.2 Å². The van der Waals surface area contributed by atoms with Crippen molar-refractivity contribution in [2.24, 2.45) is 7.05 Å². The number of sulfonamides is 1. The van der Waals surface area contributed by atoms with Crippen LogP contribution in [0.25, 0.3) is 11.0 Å². The molecule has 0 fully saturated rings. The van der Waals surface area contributed by atoms with Crippen molar-refractivity contribution in [1.29, 1.82) is 0 Å². The van der Waals surface area contributed by atoms with Crippen LogP contribution in [-0.2, 0) is 28.3 Å². The molecule has 30 heavy (non-hydrogen) atoms. The molecule has 3 rings (SSSR count). The third kappa shape index (κ3) is 4.66. The summed E-state index contributed by atoms with van der Waals surface area (Å²) < 4.78 is 27.8. The normalized spacial score (nSPS) is 13.0. The molecule has 0 bridgehead atoms. The molecular formula is C21H25ClN4O3S. The van der Waals surface area contributed by atoms with E-state index in [0.29, 0.717) is 17.0 Å². The first-order valence-corrected chi connectivity index (χ1v) is 11.3. The Morgan fingerprint density at radius 3 is 2.63 bits per heavy atom. The summed E-state index contributed by atoms with van der Waals surface area (Å²) in [5.41, 5.74) is 2.34. The van der Waals surface area contributed by atoms with E-state index in [9.17, 15) is 13.2 Å². The van der Waals surface area contributed by atoms with E-state index < -0.39 is 10.0 Å². The fourth-order valence-corrected chi connectivity index (χ4v) is 4.34. The molecule has 0 radical (unpaired) electrons. The van der Waals surface area contributed by atoms with Crippen LogP contribution in [0.3, 0.4) is 0 Å². The standard InChI is InChI=1S/C21H25ClN4O3S/c1-14(15-6-5-7-16(22)12-15)23-21(27)11-10-20-24-18-13-17(30(28,29)25(2)3)8-9-19(18)26(20)4/h5-9,12-14H,10-11H2,1-4H3,(H,23,27). The van der Waals surface area contributed by atoms with Gasteiger partial charge in [-0.1, -0.05) is 23.7 Å². The largest absolute Gasteiger partial charge is 0.350 e. The molecule has 9 heteroatoms. The van der Waals surface area contributed by atoms with Gasteiger partial charge in [-0.15, -0.1) is 0 Å². The van der Waals surface area contributed by atoms with Crippen LogP contribution in [0.4, 0.5) is 0 Å². The minimum atomic E-state index is -3.53. The zero-order valence-corrected chi connectivity index (χ0v) is 19.0. The average Bonchev–Trinajstić information content (AvgIpc) is 3.01. The summed E-state index contributed by atoms with van der Waals surface area (Å²) in [5.74, 6) is 0.625. The molecule has 2 aromatic carbocycles. The van der Waals surface area contributed by atoms with Crippen LogP contribution in [0.5, 0.6) is 0 Å². The highest BCUT2D eigenvalue weighted by Crippen LogP contribution is 2.22. The molecule has 1 atom stereocenters. The van der Waals surface area contributed by atoms with E-state index in [2.05, 4.69) is 10.3 Å². The first-order valence-electron chi connectivity index (χ1n) is 9.52. The van der Waals surface area contributed by atoms with Gasteiger partial charge in [-0.25, -0.2) is 17.7 Å². The lowest BCUT2D eigenvalue weighted by Gasteiger charge is -2.14. The lowest BCUT2D eigenvalue weighted by Crippen LogP contribution is -2.27. The maximum atomic E-state index is 12.4. The summed E-state index contributed by atoms with van der Waals surface area (Å²) >= 11 is 6.02. The predicted octanol–water partition coefficient (Wildman–Crippen LogP) is 3.29. The molecule has 0 aliphatic rings. The molecule has 1 heterocycles. The number of carbonyl (C=O) groups excluding carboxylic acids is 1. The van der Waals surface area contributed by atoms with Crippen LogP contribution in [0.2, 0.25) is 5.02 Å². The van der Waals surface area contributed by atoms with Gasteiger partial charge < -0.3 is 9.88 Å². The van der Waals surface area contributed by atoms with E-state index in [0.717, 1.165) is 16.9 Å². The fourth-order valence-electron chi connectivity index (χ4n) is 3.22. The van der Waals surface area contributed by atoms with Crippen LogP contribution in [0, 0.1) is 0 Å². The van der Waals surface area contributed by atoms with Gasteiger partial charge in [-0.2, -0.15) is 0 Å². The summed E-state index contributed by atoms with van der Waals surface area (Å²) in [6.45, 7) is 1.91. The molecule has 0 aliphatic carbocycles. The Kier molecular flexibility index (Phi) is 6.50. The Morgan fingerprint density at radius 2 is 1.97 bits per heavy atom. The van der Waals surface area contributed by atoms with Crippen molar-refractivity contribution in [2.45, 2.75) is 30.7 Å². The average molecular weight is 449 g/mol. The van der Waals surface area contributed by atoms with Crippen molar-refractivity contribution in [3.05, 3.63) is 58.9 Å². The monoisotopic (exact) mass is 448 g/mol. The number of aromatic nitrogens is 2. The number of carbonyl (C=O) groups is 1. The van der Waals surface area contributed by atoms with Gasteiger partial charge in [0.2, 0.25) is 15.9 Å². The molecule has 1 unspecified atom stereocenters. The van der Waals surface area contributed by atoms with E-state index in [1.807, 2.05) is 36.7 Å². The number of rotatable bonds is 7. The molecule has 3 aromatic rings. The highest BCUT2D eigenvalue weighted by Gasteiger charge is 2.19. The number of amides is 1.